The van der Waals surface area contributed by atoms with Crippen LogP contribution in [0.3, 0.4) is 0 Å². The van der Waals surface area contributed by atoms with E-state index >= 15 is 0 Å². The van der Waals surface area contributed by atoms with Gasteiger partial charge in [-0.3, -0.25) is 9.52 Å². The normalized spacial score (nSPS) is 11.1. The van der Waals surface area contributed by atoms with Crippen molar-refractivity contribution in [2.45, 2.75) is 26.7 Å². The molecule has 0 aliphatic rings. The van der Waals surface area contributed by atoms with Gasteiger partial charge in [0.2, 0.25) is 10.0 Å². The van der Waals surface area contributed by atoms with Gasteiger partial charge in [0, 0.05) is 17.8 Å². The van der Waals surface area contributed by atoms with E-state index in [9.17, 15) is 13.2 Å². The van der Waals surface area contributed by atoms with E-state index in [1.807, 2.05) is 6.92 Å². The molecule has 2 N–H and O–H groups in total. The van der Waals surface area contributed by atoms with E-state index < -0.39 is 10.0 Å². The molecule has 0 saturated carbocycles. The van der Waals surface area contributed by atoms with Gasteiger partial charge in [0.15, 0.2) is 0 Å². The average molecular weight is 284 g/mol. The predicted octanol–water partition coefficient (Wildman–Crippen LogP) is 1.98. The lowest BCUT2D eigenvalue weighted by atomic mass is 10.2. The fourth-order valence-corrected chi connectivity index (χ4v) is 2.69. The summed E-state index contributed by atoms with van der Waals surface area (Å²) in [7, 11) is -3.33. The molecule has 0 spiro atoms. The molecule has 0 heterocycles. The number of hydrogen-bond acceptors (Lipinski definition) is 3. The Kier molecular flexibility index (Phi) is 5.82. The van der Waals surface area contributed by atoms with Crippen LogP contribution in [0.15, 0.2) is 24.3 Å². The Labute approximate surface area is 114 Å². The highest BCUT2D eigenvalue weighted by Gasteiger charge is 2.10. The molecule has 106 valence electrons. The molecule has 0 radical (unpaired) electrons. The fraction of sp³-hybridized carbons (Fsp3) is 0.462. The molecule has 0 bridgehead atoms. The van der Waals surface area contributed by atoms with E-state index in [-0.39, 0.29) is 11.7 Å². The molecule has 0 aliphatic carbocycles. The number of anilines is 1. The highest BCUT2D eigenvalue weighted by molar-refractivity contribution is 7.92. The quantitative estimate of drug-likeness (QED) is 0.804. The van der Waals surface area contributed by atoms with Crippen molar-refractivity contribution in [3.05, 3.63) is 29.8 Å². The third-order valence-corrected chi connectivity index (χ3v) is 3.90. The minimum Gasteiger partial charge on any atom is -0.352 e. The van der Waals surface area contributed by atoms with Crippen LogP contribution < -0.4 is 10.0 Å². The van der Waals surface area contributed by atoms with Gasteiger partial charge in [0.25, 0.3) is 5.91 Å². The van der Waals surface area contributed by atoms with Gasteiger partial charge in [-0.1, -0.05) is 19.9 Å². The largest absolute Gasteiger partial charge is 0.352 e. The van der Waals surface area contributed by atoms with Gasteiger partial charge in [0.05, 0.1) is 5.75 Å². The van der Waals surface area contributed by atoms with E-state index in [2.05, 4.69) is 10.0 Å². The minimum atomic E-state index is -3.33. The number of amides is 1. The van der Waals surface area contributed by atoms with Crippen LogP contribution >= 0.6 is 0 Å². The molecule has 1 aromatic rings. The van der Waals surface area contributed by atoms with E-state index in [0.29, 0.717) is 24.2 Å². The maximum absolute atomic E-state index is 11.8. The smallest absolute Gasteiger partial charge is 0.251 e. The number of sulfonamides is 1. The van der Waals surface area contributed by atoms with Crippen LogP contribution in [0.4, 0.5) is 5.69 Å². The Morgan fingerprint density at radius 1 is 1.21 bits per heavy atom. The number of nitrogens with one attached hydrogen (secondary N) is 2. The Morgan fingerprint density at radius 3 is 2.58 bits per heavy atom. The lowest BCUT2D eigenvalue weighted by Gasteiger charge is -2.09. The number of carbonyl (C=O) groups is 1. The van der Waals surface area contributed by atoms with Crippen molar-refractivity contribution in [3.8, 4) is 0 Å². The maximum atomic E-state index is 11.8. The first-order valence-electron chi connectivity index (χ1n) is 6.37. The van der Waals surface area contributed by atoms with Crippen LogP contribution in [-0.2, 0) is 10.0 Å². The zero-order chi connectivity index (χ0) is 14.3. The summed E-state index contributed by atoms with van der Waals surface area (Å²) in [4.78, 5) is 11.8. The zero-order valence-corrected chi connectivity index (χ0v) is 12.1. The molecule has 0 fully saturated rings. The number of rotatable bonds is 7. The summed E-state index contributed by atoms with van der Waals surface area (Å²) in [5.74, 6) is -0.127. The summed E-state index contributed by atoms with van der Waals surface area (Å²) in [5.41, 5.74) is 0.864. The molecule has 0 aliphatic heterocycles. The summed E-state index contributed by atoms with van der Waals surface area (Å²) in [6.45, 7) is 4.37. The van der Waals surface area contributed by atoms with E-state index in [1.54, 1.807) is 25.1 Å². The Bertz CT molecular complexity index is 526. The molecule has 1 amide bonds. The van der Waals surface area contributed by atoms with Gasteiger partial charge in [-0.05, 0) is 31.0 Å². The van der Waals surface area contributed by atoms with E-state index in [4.69, 9.17) is 0 Å². The monoisotopic (exact) mass is 284 g/mol. The number of benzene rings is 1. The topological polar surface area (TPSA) is 75.3 Å². The minimum absolute atomic E-state index is 0.0687. The molecule has 1 rings (SSSR count). The fourth-order valence-electron chi connectivity index (χ4n) is 1.56. The Hall–Kier alpha value is -1.56. The van der Waals surface area contributed by atoms with Crippen molar-refractivity contribution in [2.24, 2.45) is 0 Å². The van der Waals surface area contributed by atoms with Crippen LogP contribution in [0, 0.1) is 0 Å². The van der Waals surface area contributed by atoms with Crippen molar-refractivity contribution in [2.75, 3.05) is 17.0 Å². The first kappa shape index (κ1) is 15.5. The second kappa shape index (κ2) is 7.13. The molecule has 0 saturated heterocycles. The summed E-state index contributed by atoms with van der Waals surface area (Å²) >= 11 is 0. The number of carbonyl (C=O) groups excluding carboxylic acids is 1. The standard InChI is InChI=1S/C13H20N2O3S/c1-3-8-14-13(16)11-6-5-7-12(10-11)15-19(17,18)9-4-2/h5-7,10,15H,3-4,8-9H2,1-2H3,(H,14,16). The number of hydrogen-bond donors (Lipinski definition) is 2. The molecule has 0 unspecified atom stereocenters. The highest BCUT2D eigenvalue weighted by Crippen LogP contribution is 2.13. The molecule has 0 aromatic heterocycles. The summed E-state index contributed by atoms with van der Waals surface area (Å²) < 4.78 is 25.7. The predicted molar refractivity (Wildman–Crippen MR) is 76.8 cm³/mol. The molecular formula is C13H20N2O3S. The summed E-state index contributed by atoms with van der Waals surface area (Å²) in [6, 6.07) is 6.48. The van der Waals surface area contributed by atoms with Crippen LogP contribution in [0.2, 0.25) is 0 Å². The third-order valence-electron chi connectivity index (χ3n) is 2.41. The average Bonchev–Trinajstić information content (AvgIpc) is 2.35. The van der Waals surface area contributed by atoms with Gasteiger partial charge in [-0.15, -0.1) is 0 Å². The lowest BCUT2D eigenvalue weighted by Crippen LogP contribution is -2.24. The van der Waals surface area contributed by atoms with Crippen LogP contribution in [-0.4, -0.2) is 26.6 Å². The van der Waals surface area contributed by atoms with Crippen molar-refractivity contribution in [3.63, 3.8) is 0 Å². The first-order valence-corrected chi connectivity index (χ1v) is 8.02. The van der Waals surface area contributed by atoms with Gasteiger partial charge in [0.1, 0.15) is 0 Å². The second-order valence-corrected chi connectivity index (χ2v) is 6.10. The van der Waals surface area contributed by atoms with Crippen LogP contribution in [0.25, 0.3) is 0 Å². The van der Waals surface area contributed by atoms with Crippen LogP contribution in [0.1, 0.15) is 37.0 Å². The van der Waals surface area contributed by atoms with Crippen molar-refractivity contribution < 1.29 is 13.2 Å². The Morgan fingerprint density at radius 2 is 1.95 bits per heavy atom. The summed E-state index contributed by atoms with van der Waals surface area (Å²) in [5, 5.41) is 2.75. The third kappa shape index (κ3) is 5.30. The van der Waals surface area contributed by atoms with Crippen molar-refractivity contribution in [1.29, 1.82) is 0 Å². The van der Waals surface area contributed by atoms with Gasteiger partial charge >= 0.3 is 0 Å². The zero-order valence-electron chi connectivity index (χ0n) is 11.3. The summed E-state index contributed by atoms with van der Waals surface area (Å²) in [6.07, 6.45) is 1.40. The SMILES string of the molecule is CCCNC(=O)c1cccc(NS(=O)(=O)CCC)c1. The second-order valence-electron chi connectivity index (χ2n) is 4.26. The molecular weight excluding hydrogens is 264 g/mol. The Balaban J connectivity index is 2.80. The van der Waals surface area contributed by atoms with E-state index in [0.717, 1.165) is 6.42 Å². The van der Waals surface area contributed by atoms with Crippen molar-refractivity contribution >= 4 is 21.6 Å². The van der Waals surface area contributed by atoms with Crippen LogP contribution in [0.5, 0.6) is 0 Å². The van der Waals surface area contributed by atoms with Crippen molar-refractivity contribution in [1.82, 2.24) is 5.32 Å². The molecule has 1 aromatic carbocycles. The molecule has 0 atom stereocenters. The van der Waals surface area contributed by atoms with Gasteiger partial charge in [-0.2, -0.15) is 0 Å². The molecule has 19 heavy (non-hydrogen) atoms. The van der Waals surface area contributed by atoms with E-state index in [1.165, 1.54) is 6.07 Å². The lowest BCUT2D eigenvalue weighted by molar-refractivity contribution is 0.0953. The van der Waals surface area contributed by atoms with Gasteiger partial charge < -0.3 is 5.32 Å². The highest BCUT2D eigenvalue weighted by atomic mass is 32.2. The molecule has 6 heteroatoms. The van der Waals surface area contributed by atoms with Gasteiger partial charge in [-0.25, -0.2) is 8.42 Å². The maximum Gasteiger partial charge on any atom is 0.251 e. The first-order chi connectivity index (χ1) is 8.98. The molecule has 5 nitrogen and oxygen atoms in total.